The molecule has 0 bridgehead atoms. The number of rotatable bonds is 10. The smallest absolute Gasteiger partial charge is 0.291 e. The summed E-state index contributed by atoms with van der Waals surface area (Å²) in [6.07, 6.45) is 3.45. The Balaban J connectivity index is 1.65. The molecule has 2 heterocycles. The molecule has 2 aromatic heterocycles. The average Bonchev–Trinajstić information content (AvgIpc) is 3.39. The van der Waals surface area contributed by atoms with Crippen LogP contribution < -0.4 is 5.32 Å². The van der Waals surface area contributed by atoms with Gasteiger partial charge in [-0.3, -0.25) is 9.59 Å². The van der Waals surface area contributed by atoms with Gasteiger partial charge in [0.1, 0.15) is 5.76 Å². The van der Waals surface area contributed by atoms with Gasteiger partial charge in [0, 0.05) is 30.5 Å². The van der Waals surface area contributed by atoms with Crippen molar-refractivity contribution in [2.45, 2.75) is 53.6 Å². The van der Waals surface area contributed by atoms with Gasteiger partial charge in [-0.2, -0.15) is 0 Å². The van der Waals surface area contributed by atoms with Crippen LogP contribution in [0.1, 0.15) is 61.2 Å². The third kappa shape index (κ3) is 6.36. The number of amides is 2. The lowest BCUT2D eigenvalue weighted by Gasteiger charge is -2.24. The number of anilines is 1. The minimum Gasteiger partial charge on any atom is -0.454 e. The summed E-state index contributed by atoms with van der Waals surface area (Å²) in [6.45, 7) is 10.0. The predicted octanol–water partition coefficient (Wildman–Crippen LogP) is 5.47. The first-order valence-corrected chi connectivity index (χ1v) is 11.2. The van der Waals surface area contributed by atoms with Crippen LogP contribution in [0.3, 0.4) is 0 Å². The number of hydrogen-bond acceptors (Lipinski definition) is 3. The van der Waals surface area contributed by atoms with Crippen molar-refractivity contribution in [2.24, 2.45) is 5.92 Å². The molecule has 0 spiro atoms. The highest BCUT2D eigenvalue weighted by molar-refractivity contribution is 6.02. The van der Waals surface area contributed by atoms with Crippen molar-refractivity contribution in [1.29, 1.82) is 0 Å². The van der Waals surface area contributed by atoms with Crippen molar-refractivity contribution < 1.29 is 14.0 Å². The molecule has 0 saturated heterocycles. The molecule has 0 atom stereocenters. The summed E-state index contributed by atoms with van der Waals surface area (Å²) >= 11 is 0. The molecule has 0 fully saturated rings. The van der Waals surface area contributed by atoms with Gasteiger partial charge in [0.2, 0.25) is 5.91 Å². The second-order valence-corrected chi connectivity index (χ2v) is 8.63. The van der Waals surface area contributed by atoms with Crippen molar-refractivity contribution in [3.05, 3.63) is 77.5 Å². The van der Waals surface area contributed by atoms with Gasteiger partial charge in [-0.25, -0.2) is 0 Å². The lowest BCUT2D eigenvalue weighted by Crippen LogP contribution is -2.32. The summed E-state index contributed by atoms with van der Waals surface area (Å²) in [6, 6.07) is 15.1. The maximum atomic E-state index is 12.6. The maximum Gasteiger partial charge on any atom is 0.291 e. The van der Waals surface area contributed by atoms with E-state index in [1.54, 1.807) is 6.07 Å². The van der Waals surface area contributed by atoms with Crippen LogP contribution in [0.2, 0.25) is 0 Å². The molecule has 0 aliphatic carbocycles. The fourth-order valence-electron chi connectivity index (χ4n) is 3.57. The Morgan fingerprint density at radius 3 is 2.53 bits per heavy atom. The molecule has 170 valence electrons. The molecule has 0 radical (unpaired) electrons. The van der Waals surface area contributed by atoms with E-state index in [4.69, 9.17) is 4.42 Å². The third-order valence-corrected chi connectivity index (χ3v) is 5.23. The molecular weight excluding hydrogens is 402 g/mol. The van der Waals surface area contributed by atoms with E-state index in [-0.39, 0.29) is 17.6 Å². The Morgan fingerprint density at radius 2 is 1.84 bits per heavy atom. The number of aryl methyl sites for hydroxylation is 1. The lowest BCUT2D eigenvalue weighted by molar-refractivity contribution is -0.132. The molecule has 0 unspecified atom stereocenters. The van der Waals surface area contributed by atoms with Crippen LogP contribution in [0.4, 0.5) is 5.69 Å². The SMILES string of the molecule is CCCN(Cc1cccn1Cc1ccc(C(=O)Nc2ccc(C)cc2)o1)C(=O)CC(C)C. The van der Waals surface area contributed by atoms with Crippen LogP contribution >= 0.6 is 0 Å². The van der Waals surface area contributed by atoms with Gasteiger partial charge in [-0.1, -0.05) is 38.5 Å². The van der Waals surface area contributed by atoms with Crippen molar-refractivity contribution >= 4 is 17.5 Å². The lowest BCUT2D eigenvalue weighted by atomic mass is 10.1. The van der Waals surface area contributed by atoms with E-state index in [9.17, 15) is 9.59 Å². The fraction of sp³-hybridized carbons (Fsp3) is 0.385. The molecule has 0 aliphatic rings. The van der Waals surface area contributed by atoms with E-state index >= 15 is 0 Å². The minimum absolute atomic E-state index is 0.183. The Morgan fingerprint density at radius 1 is 1.09 bits per heavy atom. The first-order chi connectivity index (χ1) is 15.4. The number of aromatic nitrogens is 1. The summed E-state index contributed by atoms with van der Waals surface area (Å²) in [7, 11) is 0. The molecule has 3 rings (SSSR count). The monoisotopic (exact) mass is 435 g/mol. The second kappa shape index (κ2) is 10.8. The molecule has 6 heteroatoms. The zero-order valence-corrected chi connectivity index (χ0v) is 19.4. The third-order valence-electron chi connectivity index (χ3n) is 5.23. The summed E-state index contributed by atoms with van der Waals surface area (Å²) in [5.41, 5.74) is 2.90. The van der Waals surface area contributed by atoms with E-state index in [2.05, 4.69) is 30.7 Å². The summed E-state index contributed by atoms with van der Waals surface area (Å²) in [5, 5.41) is 2.85. The van der Waals surface area contributed by atoms with Gasteiger partial charge in [0.05, 0.1) is 13.1 Å². The standard InChI is InChI=1S/C26H33N3O3/c1-5-14-29(25(30)16-19(2)3)17-22-7-6-15-28(22)18-23-12-13-24(32-23)26(31)27-21-10-8-20(4)9-11-21/h6-13,15,19H,5,14,16-18H2,1-4H3,(H,27,31). The highest BCUT2D eigenvalue weighted by Crippen LogP contribution is 2.17. The molecule has 0 saturated carbocycles. The zero-order chi connectivity index (χ0) is 23.1. The Hall–Kier alpha value is -3.28. The van der Waals surface area contributed by atoms with Crippen LogP contribution in [-0.2, 0) is 17.9 Å². The Bertz CT molecular complexity index is 1030. The summed E-state index contributed by atoms with van der Waals surface area (Å²) in [4.78, 5) is 27.1. The number of furan rings is 1. The van der Waals surface area contributed by atoms with E-state index < -0.39 is 0 Å². The quantitative estimate of drug-likeness (QED) is 0.459. The van der Waals surface area contributed by atoms with Crippen molar-refractivity contribution in [3.63, 3.8) is 0 Å². The van der Waals surface area contributed by atoms with Gasteiger partial charge >= 0.3 is 0 Å². The van der Waals surface area contributed by atoms with Crippen LogP contribution in [0.25, 0.3) is 0 Å². The number of carbonyl (C=O) groups is 2. The number of hydrogen-bond donors (Lipinski definition) is 1. The van der Waals surface area contributed by atoms with Gasteiger partial charge in [0.25, 0.3) is 5.91 Å². The highest BCUT2D eigenvalue weighted by atomic mass is 16.4. The minimum atomic E-state index is -0.277. The summed E-state index contributed by atoms with van der Waals surface area (Å²) in [5.74, 6) is 1.20. The molecule has 0 aliphatic heterocycles. The van der Waals surface area contributed by atoms with Gasteiger partial charge in [-0.05, 0) is 55.7 Å². The molecule has 6 nitrogen and oxygen atoms in total. The topological polar surface area (TPSA) is 67.5 Å². The van der Waals surface area contributed by atoms with E-state index in [0.29, 0.717) is 31.2 Å². The number of carbonyl (C=O) groups excluding carboxylic acids is 2. The van der Waals surface area contributed by atoms with Crippen molar-refractivity contribution in [3.8, 4) is 0 Å². The number of nitrogens with zero attached hydrogens (tertiary/aromatic N) is 2. The maximum absolute atomic E-state index is 12.6. The van der Waals surface area contributed by atoms with Gasteiger partial charge < -0.3 is 19.2 Å². The normalized spacial score (nSPS) is 11.0. The van der Waals surface area contributed by atoms with Crippen LogP contribution in [0.15, 0.2) is 59.1 Å². The van der Waals surface area contributed by atoms with E-state index in [0.717, 1.165) is 29.9 Å². The molecule has 3 aromatic rings. The Kier molecular flexibility index (Phi) is 7.92. The van der Waals surface area contributed by atoms with Crippen molar-refractivity contribution in [2.75, 3.05) is 11.9 Å². The average molecular weight is 436 g/mol. The first-order valence-electron chi connectivity index (χ1n) is 11.2. The molecular formula is C26H33N3O3. The number of nitrogens with one attached hydrogen (secondary N) is 1. The second-order valence-electron chi connectivity index (χ2n) is 8.63. The molecule has 1 aromatic carbocycles. The van der Waals surface area contributed by atoms with E-state index in [1.807, 2.05) is 60.5 Å². The fourth-order valence-corrected chi connectivity index (χ4v) is 3.57. The predicted molar refractivity (Wildman–Crippen MR) is 127 cm³/mol. The summed E-state index contributed by atoms with van der Waals surface area (Å²) < 4.78 is 7.87. The Labute approximate surface area is 190 Å². The van der Waals surface area contributed by atoms with Crippen LogP contribution in [0, 0.1) is 12.8 Å². The highest BCUT2D eigenvalue weighted by Gasteiger charge is 2.17. The van der Waals surface area contributed by atoms with Crippen LogP contribution in [0.5, 0.6) is 0 Å². The molecule has 2 amide bonds. The molecule has 32 heavy (non-hydrogen) atoms. The van der Waals surface area contributed by atoms with Crippen LogP contribution in [-0.4, -0.2) is 27.8 Å². The molecule has 1 N–H and O–H groups in total. The largest absolute Gasteiger partial charge is 0.454 e. The first kappa shape index (κ1) is 23.4. The zero-order valence-electron chi connectivity index (χ0n) is 19.4. The van der Waals surface area contributed by atoms with Gasteiger partial charge in [0.15, 0.2) is 5.76 Å². The van der Waals surface area contributed by atoms with E-state index in [1.165, 1.54) is 0 Å². The van der Waals surface area contributed by atoms with Gasteiger partial charge in [-0.15, -0.1) is 0 Å². The van der Waals surface area contributed by atoms with Crippen molar-refractivity contribution in [1.82, 2.24) is 9.47 Å². The number of benzene rings is 1.